The van der Waals surface area contributed by atoms with Gasteiger partial charge >= 0.3 is 0 Å². The van der Waals surface area contributed by atoms with E-state index in [4.69, 9.17) is 21.1 Å². The van der Waals surface area contributed by atoms with Gasteiger partial charge in [0.25, 0.3) is 0 Å². The number of benzene rings is 2. The Kier molecular flexibility index (Phi) is 3.36. The van der Waals surface area contributed by atoms with Crippen molar-refractivity contribution in [2.75, 3.05) is 6.61 Å². The second-order valence-corrected chi connectivity index (χ2v) is 6.90. The van der Waals surface area contributed by atoms with Gasteiger partial charge < -0.3 is 9.47 Å². The molecule has 1 atom stereocenters. The van der Waals surface area contributed by atoms with Crippen molar-refractivity contribution >= 4 is 27.9 Å². The topological polar surface area (TPSA) is 61.5 Å². The van der Waals surface area contributed by atoms with Crippen LogP contribution >= 0.6 is 22.9 Å². The number of hydrogen-bond donors (Lipinski definition) is 0. The van der Waals surface area contributed by atoms with E-state index in [0.717, 1.165) is 22.1 Å². The predicted molar refractivity (Wildman–Crippen MR) is 94.4 cm³/mol. The van der Waals surface area contributed by atoms with E-state index in [-0.39, 0.29) is 6.10 Å². The summed E-state index contributed by atoms with van der Waals surface area (Å²) in [6, 6.07) is 15.1. The molecule has 4 aromatic rings. The Labute approximate surface area is 151 Å². The van der Waals surface area contributed by atoms with Crippen LogP contribution in [0.25, 0.3) is 16.3 Å². The first-order valence-electron chi connectivity index (χ1n) is 7.65. The van der Waals surface area contributed by atoms with E-state index in [2.05, 4.69) is 15.3 Å². The van der Waals surface area contributed by atoms with Gasteiger partial charge in [-0.3, -0.25) is 0 Å². The van der Waals surface area contributed by atoms with Crippen LogP contribution in [-0.2, 0) is 0 Å². The van der Waals surface area contributed by atoms with Crippen molar-refractivity contribution in [2.45, 2.75) is 6.10 Å². The number of ether oxygens (including phenoxy) is 2. The molecule has 0 radical (unpaired) electrons. The Morgan fingerprint density at radius 1 is 1.04 bits per heavy atom. The minimum Gasteiger partial charge on any atom is -0.485 e. The lowest BCUT2D eigenvalue weighted by molar-refractivity contribution is 0.0904. The first kappa shape index (κ1) is 14.7. The minimum absolute atomic E-state index is 0.277. The average molecular weight is 371 g/mol. The summed E-state index contributed by atoms with van der Waals surface area (Å²) < 4.78 is 13.5. The Hall–Kier alpha value is -2.64. The van der Waals surface area contributed by atoms with Crippen LogP contribution in [0.5, 0.6) is 11.5 Å². The molecule has 0 aliphatic carbocycles. The maximum atomic E-state index is 6.28. The molecule has 0 fully saturated rings. The van der Waals surface area contributed by atoms with E-state index >= 15 is 0 Å². The molecule has 3 heterocycles. The van der Waals surface area contributed by atoms with Crippen LogP contribution < -0.4 is 9.47 Å². The largest absolute Gasteiger partial charge is 0.485 e. The van der Waals surface area contributed by atoms with Crippen LogP contribution in [-0.4, -0.2) is 26.4 Å². The summed E-state index contributed by atoms with van der Waals surface area (Å²) in [6.45, 7) is 0.405. The van der Waals surface area contributed by atoms with Gasteiger partial charge in [-0.25, -0.2) is 0 Å². The van der Waals surface area contributed by atoms with E-state index in [1.807, 2.05) is 48.5 Å². The van der Waals surface area contributed by atoms with Crippen molar-refractivity contribution < 1.29 is 9.47 Å². The fourth-order valence-corrected chi connectivity index (χ4v) is 3.79. The smallest absolute Gasteiger partial charge is 0.235 e. The first-order chi connectivity index (χ1) is 12.3. The molecule has 1 aliphatic rings. The zero-order valence-corrected chi connectivity index (χ0v) is 14.4. The zero-order chi connectivity index (χ0) is 16.8. The summed E-state index contributed by atoms with van der Waals surface area (Å²) in [6.07, 6.45) is -0.277. The lowest BCUT2D eigenvalue weighted by Crippen LogP contribution is -2.21. The molecule has 5 rings (SSSR count). The fraction of sp³-hybridized carbons (Fsp3) is 0.118. The third-order valence-electron chi connectivity index (χ3n) is 3.91. The summed E-state index contributed by atoms with van der Waals surface area (Å²) in [5.74, 6) is 2.08. The highest BCUT2D eigenvalue weighted by molar-refractivity contribution is 7.16. The van der Waals surface area contributed by atoms with Crippen LogP contribution in [0.3, 0.4) is 0 Å². The number of para-hydroxylation sites is 2. The molecular formula is C17H11ClN4O2S. The van der Waals surface area contributed by atoms with Crippen molar-refractivity contribution in [3.05, 3.63) is 58.6 Å². The quantitative estimate of drug-likeness (QED) is 0.533. The van der Waals surface area contributed by atoms with Crippen LogP contribution in [0, 0.1) is 0 Å². The molecule has 0 spiro atoms. The summed E-state index contributed by atoms with van der Waals surface area (Å²) in [5, 5.41) is 14.4. The van der Waals surface area contributed by atoms with Gasteiger partial charge in [0.2, 0.25) is 4.96 Å². The predicted octanol–water partition coefficient (Wildman–Crippen LogP) is 4.02. The fourth-order valence-electron chi connectivity index (χ4n) is 2.71. The Balaban J connectivity index is 1.53. The third-order valence-corrected chi connectivity index (χ3v) is 5.23. The number of fused-ring (bicyclic) bond motifs is 2. The highest BCUT2D eigenvalue weighted by Gasteiger charge is 2.27. The molecule has 0 unspecified atom stereocenters. The number of nitrogens with zero attached hydrogens (tertiary/aromatic N) is 4. The van der Waals surface area contributed by atoms with Gasteiger partial charge in [-0.05, 0) is 24.3 Å². The van der Waals surface area contributed by atoms with Crippen LogP contribution in [0.2, 0.25) is 5.02 Å². The Bertz CT molecular complexity index is 1080. The number of rotatable bonds is 2. The van der Waals surface area contributed by atoms with Crippen molar-refractivity contribution in [3.63, 3.8) is 0 Å². The van der Waals surface area contributed by atoms with Crippen LogP contribution in [0.1, 0.15) is 11.1 Å². The monoisotopic (exact) mass is 370 g/mol. The molecule has 0 bridgehead atoms. The summed E-state index contributed by atoms with van der Waals surface area (Å²) >= 11 is 7.71. The molecule has 6 nitrogen and oxygen atoms in total. The number of halogens is 1. The normalized spacial score (nSPS) is 16.3. The van der Waals surface area contributed by atoms with Gasteiger partial charge in [0.05, 0.1) is 5.02 Å². The highest BCUT2D eigenvalue weighted by atomic mass is 35.5. The van der Waals surface area contributed by atoms with Crippen molar-refractivity contribution in [3.8, 4) is 22.9 Å². The highest BCUT2D eigenvalue weighted by Crippen LogP contribution is 2.37. The third kappa shape index (κ3) is 2.43. The molecule has 0 N–H and O–H groups in total. The van der Waals surface area contributed by atoms with E-state index in [1.54, 1.807) is 4.52 Å². The first-order valence-corrected chi connectivity index (χ1v) is 8.84. The van der Waals surface area contributed by atoms with E-state index in [9.17, 15) is 0 Å². The van der Waals surface area contributed by atoms with Crippen molar-refractivity contribution in [2.24, 2.45) is 0 Å². The molecule has 25 heavy (non-hydrogen) atoms. The standard InChI is InChI=1S/C17H11ClN4O2S/c18-11-6-2-1-5-10(11)15-19-20-17-22(15)21-16(25-17)14-9-23-12-7-3-4-8-13(12)24-14/h1-8,14H,9H2/t14-/m0/s1. The van der Waals surface area contributed by atoms with E-state index in [0.29, 0.717) is 22.4 Å². The minimum atomic E-state index is -0.277. The van der Waals surface area contributed by atoms with Gasteiger partial charge in [0.15, 0.2) is 28.4 Å². The molecule has 2 aromatic heterocycles. The van der Waals surface area contributed by atoms with Crippen LogP contribution in [0.4, 0.5) is 0 Å². The van der Waals surface area contributed by atoms with Gasteiger partial charge in [-0.1, -0.05) is 47.2 Å². The number of aromatic nitrogens is 4. The zero-order valence-electron chi connectivity index (χ0n) is 12.8. The molecule has 0 saturated carbocycles. The SMILES string of the molecule is Clc1ccccc1-c1nnc2sc([C@@H]3COc4ccccc4O3)nn12. The second kappa shape index (κ2) is 5.72. The maximum Gasteiger partial charge on any atom is 0.235 e. The molecule has 1 aliphatic heterocycles. The Morgan fingerprint density at radius 2 is 1.84 bits per heavy atom. The van der Waals surface area contributed by atoms with Crippen molar-refractivity contribution in [1.29, 1.82) is 0 Å². The summed E-state index contributed by atoms with van der Waals surface area (Å²) in [7, 11) is 0. The molecule has 0 saturated heterocycles. The van der Waals surface area contributed by atoms with E-state index < -0.39 is 0 Å². The molecule has 0 amide bonds. The lowest BCUT2D eigenvalue weighted by atomic mass is 10.2. The van der Waals surface area contributed by atoms with Gasteiger partial charge in [0, 0.05) is 5.56 Å². The van der Waals surface area contributed by atoms with Gasteiger partial charge in [-0.15, -0.1) is 10.2 Å². The molecule has 8 heteroatoms. The summed E-state index contributed by atoms with van der Waals surface area (Å²) in [5.41, 5.74) is 0.791. The molecule has 124 valence electrons. The Morgan fingerprint density at radius 3 is 2.72 bits per heavy atom. The summed E-state index contributed by atoms with van der Waals surface area (Å²) in [4.78, 5) is 0.687. The second-order valence-electron chi connectivity index (χ2n) is 5.50. The van der Waals surface area contributed by atoms with Gasteiger partial charge in [0.1, 0.15) is 6.61 Å². The van der Waals surface area contributed by atoms with Crippen LogP contribution in [0.15, 0.2) is 48.5 Å². The van der Waals surface area contributed by atoms with Gasteiger partial charge in [-0.2, -0.15) is 9.61 Å². The molecular weight excluding hydrogens is 360 g/mol. The average Bonchev–Trinajstić information content (AvgIpc) is 3.23. The number of hydrogen-bond acceptors (Lipinski definition) is 6. The van der Waals surface area contributed by atoms with Crippen molar-refractivity contribution in [1.82, 2.24) is 19.8 Å². The van der Waals surface area contributed by atoms with E-state index in [1.165, 1.54) is 11.3 Å². The maximum absolute atomic E-state index is 6.28. The molecule has 2 aromatic carbocycles. The lowest BCUT2D eigenvalue weighted by Gasteiger charge is -2.24.